The van der Waals surface area contributed by atoms with E-state index in [0.29, 0.717) is 25.7 Å². The lowest BCUT2D eigenvalue weighted by atomic mass is 10.1. The van der Waals surface area contributed by atoms with Crippen molar-refractivity contribution in [3.05, 3.63) is 36.5 Å². The number of carbonyl (C=O) groups excluding carboxylic acids is 1. The molecular formula is C39H70O5Si3. The van der Waals surface area contributed by atoms with Crippen LogP contribution >= 0.6 is 0 Å². The summed E-state index contributed by atoms with van der Waals surface area (Å²) in [6.07, 6.45) is 14.9. The van der Waals surface area contributed by atoms with Crippen LogP contribution in [0.25, 0.3) is 0 Å². The lowest BCUT2D eigenvalue weighted by Gasteiger charge is -2.38. The maximum atomic E-state index is 11.6. The lowest BCUT2D eigenvalue weighted by Crippen LogP contribution is -2.43. The average molecular weight is 703 g/mol. The molecule has 0 aromatic rings. The molecule has 0 saturated carbocycles. The van der Waals surface area contributed by atoms with Crippen LogP contribution in [0, 0.1) is 23.7 Å². The summed E-state index contributed by atoms with van der Waals surface area (Å²) in [5.41, 5.74) is 0. The Hall–Kier alpha value is -1.66. The van der Waals surface area contributed by atoms with E-state index in [1.54, 1.807) is 0 Å². The van der Waals surface area contributed by atoms with Gasteiger partial charge in [0.1, 0.15) is 6.10 Å². The molecule has 8 heteroatoms. The second-order valence-corrected chi connectivity index (χ2v) is 31.3. The largest absolute Gasteiger partial charge is 0.469 e. The van der Waals surface area contributed by atoms with Gasteiger partial charge in [0.05, 0.1) is 19.3 Å². The van der Waals surface area contributed by atoms with Crippen LogP contribution in [0.3, 0.4) is 0 Å². The minimum Gasteiger partial charge on any atom is -0.469 e. The number of ether oxygens (including phenoxy) is 1. The van der Waals surface area contributed by atoms with E-state index < -0.39 is 25.0 Å². The Morgan fingerprint density at radius 1 is 0.702 bits per heavy atom. The number of carbonyl (C=O) groups is 1. The van der Waals surface area contributed by atoms with Crippen molar-refractivity contribution in [2.45, 2.75) is 174 Å². The van der Waals surface area contributed by atoms with Crippen molar-refractivity contribution in [2.24, 2.45) is 0 Å². The van der Waals surface area contributed by atoms with Gasteiger partial charge in [0.25, 0.3) is 0 Å². The van der Waals surface area contributed by atoms with Gasteiger partial charge in [-0.3, -0.25) is 4.79 Å². The number of hydrogen-bond acceptors (Lipinski definition) is 5. The normalized spacial score (nSPS) is 15.7. The molecule has 0 bridgehead atoms. The average Bonchev–Trinajstić information content (AvgIpc) is 2.91. The summed E-state index contributed by atoms with van der Waals surface area (Å²) in [4.78, 5) is 11.6. The summed E-state index contributed by atoms with van der Waals surface area (Å²) >= 11 is 0. The van der Waals surface area contributed by atoms with Gasteiger partial charge in [-0.15, -0.1) is 0 Å². The van der Waals surface area contributed by atoms with E-state index in [1.807, 2.05) is 24.3 Å². The highest BCUT2D eigenvalue weighted by Gasteiger charge is 2.40. The summed E-state index contributed by atoms with van der Waals surface area (Å²) in [6, 6.07) is 0. The fourth-order valence-corrected chi connectivity index (χ4v) is 7.42. The monoisotopic (exact) mass is 702 g/mol. The van der Waals surface area contributed by atoms with Crippen LogP contribution in [0.15, 0.2) is 36.5 Å². The van der Waals surface area contributed by atoms with Crippen LogP contribution in [0.1, 0.15) is 101 Å². The summed E-state index contributed by atoms with van der Waals surface area (Å²) in [7, 11) is -4.45. The van der Waals surface area contributed by atoms with Crippen LogP contribution in [0.2, 0.25) is 54.4 Å². The maximum Gasteiger partial charge on any atom is 0.305 e. The van der Waals surface area contributed by atoms with Crippen LogP contribution < -0.4 is 0 Å². The number of allylic oxidation sites excluding steroid dienone is 4. The molecule has 0 fully saturated rings. The molecule has 0 rings (SSSR count). The van der Waals surface area contributed by atoms with Gasteiger partial charge in [-0.25, -0.2) is 0 Å². The molecule has 0 aliphatic rings. The summed E-state index contributed by atoms with van der Waals surface area (Å²) < 4.78 is 24.7. The van der Waals surface area contributed by atoms with Gasteiger partial charge < -0.3 is 18.0 Å². The SMILES string of the molecule is CC[C@@H](/C=C/C#CC[C@@H](/C=C/C=C/C#C[C@H](CCCC(=O)OC)O[Si](C)(C)C(C)(C)C)O[Si](C)(C)C(C)(C)C)O[Si](C)(C)C(C)(C)C. The van der Waals surface area contributed by atoms with Crippen molar-refractivity contribution >= 4 is 30.9 Å². The van der Waals surface area contributed by atoms with Gasteiger partial charge in [-0.1, -0.05) is 111 Å². The van der Waals surface area contributed by atoms with Crippen molar-refractivity contribution in [1.82, 2.24) is 0 Å². The first kappa shape index (κ1) is 45.3. The summed E-state index contributed by atoms with van der Waals surface area (Å²) in [5, 5.41) is 0.338. The van der Waals surface area contributed by atoms with Gasteiger partial charge >= 0.3 is 5.97 Å². The Labute approximate surface area is 294 Å². The molecule has 0 spiro atoms. The molecule has 0 radical (unpaired) electrons. The first-order chi connectivity index (χ1) is 21.3. The predicted molar refractivity (Wildman–Crippen MR) is 210 cm³/mol. The molecule has 0 aliphatic carbocycles. The molecule has 0 heterocycles. The van der Waals surface area contributed by atoms with E-state index in [-0.39, 0.29) is 39.4 Å². The molecule has 3 atom stereocenters. The number of rotatable bonds is 15. The topological polar surface area (TPSA) is 54.0 Å². The van der Waals surface area contributed by atoms with Gasteiger partial charge in [-0.2, -0.15) is 0 Å². The highest BCUT2D eigenvalue weighted by Crippen LogP contribution is 2.39. The fourth-order valence-electron chi connectivity index (χ4n) is 3.55. The zero-order chi connectivity index (χ0) is 36.7. The molecule has 0 amide bonds. The second kappa shape index (κ2) is 19.5. The van der Waals surface area contributed by atoms with E-state index in [0.717, 1.165) is 6.42 Å². The van der Waals surface area contributed by atoms with E-state index in [2.05, 4.69) is 144 Å². The molecule has 268 valence electrons. The summed E-state index contributed by atoms with van der Waals surface area (Å²) in [6.45, 7) is 36.0. The number of methoxy groups -OCH3 is 1. The minimum absolute atomic E-state index is 0.0713. The maximum absolute atomic E-state index is 11.6. The Morgan fingerprint density at radius 2 is 1.21 bits per heavy atom. The zero-order valence-electron chi connectivity index (χ0n) is 33.3. The van der Waals surface area contributed by atoms with Gasteiger partial charge in [0.15, 0.2) is 25.0 Å². The predicted octanol–water partition coefficient (Wildman–Crippen LogP) is 11.0. The highest BCUT2D eigenvalue weighted by atomic mass is 28.4. The smallest absolute Gasteiger partial charge is 0.305 e. The number of esters is 1. The molecular weight excluding hydrogens is 633 g/mol. The molecule has 0 aliphatic heterocycles. The second-order valence-electron chi connectivity index (χ2n) is 17.0. The van der Waals surface area contributed by atoms with Gasteiger partial charge in [0, 0.05) is 12.8 Å². The quantitative estimate of drug-likeness (QED) is 0.0736. The van der Waals surface area contributed by atoms with E-state index in [9.17, 15) is 4.79 Å². The van der Waals surface area contributed by atoms with E-state index in [1.165, 1.54) is 7.11 Å². The fraction of sp³-hybridized carbons (Fsp3) is 0.718. The van der Waals surface area contributed by atoms with Crippen molar-refractivity contribution in [3.8, 4) is 23.7 Å². The minimum atomic E-state index is -2.02. The molecule has 47 heavy (non-hydrogen) atoms. The zero-order valence-corrected chi connectivity index (χ0v) is 36.3. The Bertz CT molecular complexity index is 1170. The van der Waals surface area contributed by atoms with Crippen molar-refractivity contribution in [1.29, 1.82) is 0 Å². The number of hydrogen-bond donors (Lipinski definition) is 0. The van der Waals surface area contributed by atoms with Gasteiger partial charge in [-0.05, 0) is 91.9 Å². The van der Waals surface area contributed by atoms with Gasteiger partial charge in [0.2, 0.25) is 0 Å². The highest BCUT2D eigenvalue weighted by molar-refractivity contribution is 6.75. The van der Waals surface area contributed by atoms with Crippen molar-refractivity contribution in [2.75, 3.05) is 7.11 Å². The molecule has 0 aromatic heterocycles. The molecule has 0 aromatic carbocycles. The first-order valence-electron chi connectivity index (χ1n) is 17.4. The third kappa shape index (κ3) is 17.5. The van der Waals surface area contributed by atoms with Crippen LogP contribution in [-0.4, -0.2) is 56.3 Å². The molecule has 0 N–H and O–H groups in total. The van der Waals surface area contributed by atoms with Crippen LogP contribution in [-0.2, 0) is 22.8 Å². The Balaban J connectivity index is 5.81. The third-order valence-corrected chi connectivity index (χ3v) is 23.4. The molecule has 0 saturated heterocycles. The Morgan fingerprint density at radius 3 is 1.70 bits per heavy atom. The van der Waals surface area contributed by atoms with Crippen molar-refractivity contribution < 1.29 is 22.8 Å². The molecule has 5 nitrogen and oxygen atoms in total. The third-order valence-electron chi connectivity index (χ3n) is 9.88. The first-order valence-corrected chi connectivity index (χ1v) is 26.1. The van der Waals surface area contributed by atoms with E-state index in [4.69, 9.17) is 18.0 Å². The van der Waals surface area contributed by atoms with Crippen molar-refractivity contribution in [3.63, 3.8) is 0 Å². The van der Waals surface area contributed by atoms with Crippen LogP contribution in [0.5, 0.6) is 0 Å². The summed E-state index contributed by atoms with van der Waals surface area (Å²) in [5.74, 6) is 12.8. The standard InChI is InChI=1S/C39H70O5Si3/c1-18-33(42-45(12,13)37(2,3)4)27-24-21-25-30-34(43-46(14,15)38(5,6)7)28-22-19-20-23-29-35(31-26-32-36(40)41-11)44-47(16,17)39(8,9)10/h19-20,22,24,27-28,33-35H,18,26,30-32H2,1-17H3/b20-19+,27-24+,28-22+/t33-,34+,35+/m0/s1. The van der Waals surface area contributed by atoms with E-state index >= 15 is 0 Å². The Kier molecular flexibility index (Phi) is 18.8. The molecule has 0 unspecified atom stereocenters. The van der Waals surface area contributed by atoms with Crippen LogP contribution in [0.4, 0.5) is 0 Å². The lowest BCUT2D eigenvalue weighted by molar-refractivity contribution is -0.140.